The zero-order chi connectivity index (χ0) is 17.3. The molecule has 1 heterocycles. The molecular weight excluding hydrogens is 314 g/mol. The molecule has 2 N–H and O–H groups in total. The number of nitrogen functional groups attached to an aromatic ring is 1. The summed E-state index contributed by atoms with van der Waals surface area (Å²) in [6.07, 6.45) is 0. The molecule has 2 aromatic carbocycles. The van der Waals surface area contributed by atoms with Gasteiger partial charge in [0.05, 0.1) is 11.3 Å². The van der Waals surface area contributed by atoms with Gasteiger partial charge in [0.15, 0.2) is 5.78 Å². The van der Waals surface area contributed by atoms with Crippen LogP contribution in [0.1, 0.15) is 15.9 Å². The van der Waals surface area contributed by atoms with Gasteiger partial charge in [-0.15, -0.1) is 0 Å². The predicted octanol–water partition coefficient (Wildman–Crippen LogP) is 2.93. The molecule has 1 aromatic heterocycles. The first-order valence-electron chi connectivity index (χ1n) is 7.05. The summed E-state index contributed by atoms with van der Waals surface area (Å²) >= 11 is 0. The van der Waals surface area contributed by atoms with Crippen molar-refractivity contribution in [1.29, 1.82) is 0 Å². The highest BCUT2D eigenvalue weighted by atomic mass is 19.1. The monoisotopic (exact) mass is 326 g/mol. The topological polar surface area (TPSA) is 65.1 Å². The Labute approximate surface area is 135 Å². The molecule has 0 radical (unpaired) electrons. The number of pyridine rings is 1. The van der Waals surface area contributed by atoms with Gasteiger partial charge in [0.1, 0.15) is 17.5 Å². The number of rotatable bonds is 3. The zero-order valence-corrected chi connectivity index (χ0v) is 12.4. The number of hydrogen-bond donors (Lipinski definition) is 1. The van der Waals surface area contributed by atoms with Crippen molar-refractivity contribution in [2.24, 2.45) is 0 Å². The molecule has 24 heavy (non-hydrogen) atoms. The van der Waals surface area contributed by atoms with Gasteiger partial charge in [0.2, 0.25) is 0 Å². The number of ketones is 1. The van der Waals surface area contributed by atoms with Crippen molar-refractivity contribution in [1.82, 2.24) is 4.57 Å². The molecule has 0 aliphatic rings. The molecule has 3 aromatic rings. The van der Waals surface area contributed by atoms with Crippen LogP contribution in [0.5, 0.6) is 0 Å². The number of benzene rings is 2. The summed E-state index contributed by atoms with van der Waals surface area (Å²) in [6.45, 7) is 0. The molecule has 120 valence electrons. The summed E-state index contributed by atoms with van der Waals surface area (Å²) in [5, 5.41) is 0. The molecule has 0 aliphatic carbocycles. The fourth-order valence-corrected chi connectivity index (χ4v) is 2.36. The van der Waals surface area contributed by atoms with Gasteiger partial charge in [-0.25, -0.2) is 8.78 Å². The van der Waals surface area contributed by atoms with Crippen molar-refractivity contribution in [2.45, 2.75) is 0 Å². The summed E-state index contributed by atoms with van der Waals surface area (Å²) in [4.78, 5) is 24.7. The summed E-state index contributed by atoms with van der Waals surface area (Å²) in [5.74, 6) is -1.42. The molecule has 0 fully saturated rings. The van der Waals surface area contributed by atoms with Crippen molar-refractivity contribution in [3.8, 4) is 5.69 Å². The van der Waals surface area contributed by atoms with Gasteiger partial charge in [-0.3, -0.25) is 14.2 Å². The van der Waals surface area contributed by atoms with Crippen LogP contribution in [0.3, 0.4) is 0 Å². The van der Waals surface area contributed by atoms with Crippen LogP contribution in [0.25, 0.3) is 5.69 Å². The number of nitrogens with zero attached hydrogens (tertiary/aromatic N) is 1. The minimum Gasteiger partial charge on any atom is -0.384 e. The molecule has 0 saturated heterocycles. The van der Waals surface area contributed by atoms with Crippen molar-refractivity contribution >= 4 is 11.6 Å². The lowest BCUT2D eigenvalue weighted by Crippen LogP contribution is -2.23. The number of halogens is 2. The average Bonchev–Trinajstić information content (AvgIpc) is 2.57. The lowest BCUT2D eigenvalue weighted by atomic mass is 10.0. The molecule has 0 spiro atoms. The Morgan fingerprint density at radius 3 is 1.96 bits per heavy atom. The molecule has 0 saturated carbocycles. The van der Waals surface area contributed by atoms with E-state index < -0.39 is 23.0 Å². The summed E-state index contributed by atoms with van der Waals surface area (Å²) in [6, 6.07) is 12.7. The summed E-state index contributed by atoms with van der Waals surface area (Å²) < 4.78 is 27.2. The first-order valence-corrected chi connectivity index (χ1v) is 7.05. The van der Waals surface area contributed by atoms with Crippen LogP contribution in [-0.2, 0) is 0 Å². The predicted molar refractivity (Wildman–Crippen MR) is 86.2 cm³/mol. The standard InChI is InChI=1S/C18H12F2N2O2/c19-12-3-1-11(2-4-12)17(24)15-9-10-16(23)22(18(15)21)14-7-5-13(20)6-8-14/h1-10H,21H2. The van der Waals surface area contributed by atoms with Gasteiger partial charge >= 0.3 is 0 Å². The van der Waals surface area contributed by atoms with Gasteiger partial charge in [-0.2, -0.15) is 0 Å². The Bertz CT molecular complexity index is 962. The molecule has 0 bridgehead atoms. The fraction of sp³-hybridized carbons (Fsp3) is 0. The SMILES string of the molecule is Nc1c(C(=O)c2ccc(F)cc2)ccc(=O)n1-c1ccc(F)cc1. The number of carbonyl (C=O) groups is 1. The fourth-order valence-electron chi connectivity index (χ4n) is 2.36. The van der Waals surface area contributed by atoms with Crippen molar-refractivity contribution in [3.63, 3.8) is 0 Å². The molecule has 0 unspecified atom stereocenters. The van der Waals surface area contributed by atoms with Crippen molar-refractivity contribution < 1.29 is 13.6 Å². The molecule has 0 atom stereocenters. The number of anilines is 1. The minimum atomic E-state index is -0.462. The van der Waals surface area contributed by atoms with Crippen LogP contribution in [0.4, 0.5) is 14.6 Å². The van der Waals surface area contributed by atoms with Crippen LogP contribution in [0.15, 0.2) is 65.5 Å². The maximum absolute atomic E-state index is 13.1. The van der Waals surface area contributed by atoms with E-state index >= 15 is 0 Å². The van der Waals surface area contributed by atoms with Gasteiger partial charge in [0.25, 0.3) is 5.56 Å². The average molecular weight is 326 g/mol. The van der Waals surface area contributed by atoms with E-state index in [1.807, 2.05) is 0 Å². The van der Waals surface area contributed by atoms with E-state index in [4.69, 9.17) is 5.73 Å². The second-order valence-corrected chi connectivity index (χ2v) is 5.12. The Balaban J connectivity index is 2.12. The van der Waals surface area contributed by atoms with Crippen LogP contribution in [0.2, 0.25) is 0 Å². The van der Waals surface area contributed by atoms with E-state index in [2.05, 4.69) is 0 Å². The zero-order valence-electron chi connectivity index (χ0n) is 12.4. The van der Waals surface area contributed by atoms with Gasteiger partial charge in [-0.1, -0.05) is 0 Å². The molecule has 3 rings (SSSR count). The second kappa shape index (κ2) is 6.08. The van der Waals surface area contributed by atoms with Crippen LogP contribution in [-0.4, -0.2) is 10.4 Å². The van der Waals surface area contributed by atoms with Crippen LogP contribution < -0.4 is 11.3 Å². The molecule has 6 heteroatoms. The molecular formula is C18H12F2N2O2. The quantitative estimate of drug-likeness (QED) is 0.753. The van der Waals surface area contributed by atoms with E-state index in [0.29, 0.717) is 5.69 Å². The Hall–Kier alpha value is -3.28. The molecule has 0 aliphatic heterocycles. The molecule has 0 amide bonds. The Kier molecular flexibility index (Phi) is 3.95. The highest BCUT2D eigenvalue weighted by Crippen LogP contribution is 2.19. The third-order valence-electron chi connectivity index (χ3n) is 3.57. The Morgan fingerprint density at radius 2 is 1.38 bits per heavy atom. The number of nitrogens with two attached hydrogens (primary N) is 1. The van der Waals surface area contributed by atoms with Gasteiger partial charge < -0.3 is 5.73 Å². The number of aromatic nitrogens is 1. The van der Waals surface area contributed by atoms with Crippen molar-refractivity contribution in [2.75, 3.05) is 5.73 Å². The van der Waals surface area contributed by atoms with E-state index in [0.717, 1.165) is 4.57 Å². The second-order valence-electron chi connectivity index (χ2n) is 5.12. The number of hydrogen-bond acceptors (Lipinski definition) is 3. The summed E-state index contributed by atoms with van der Waals surface area (Å²) in [5.41, 5.74) is 6.23. The van der Waals surface area contributed by atoms with Crippen LogP contribution in [0, 0.1) is 11.6 Å². The normalized spacial score (nSPS) is 10.6. The van der Waals surface area contributed by atoms with Crippen molar-refractivity contribution in [3.05, 3.63) is 93.8 Å². The summed E-state index contributed by atoms with van der Waals surface area (Å²) in [7, 11) is 0. The van der Waals surface area contributed by atoms with E-state index in [9.17, 15) is 18.4 Å². The van der Waals surface area contributed by atoms with E-state index in [-0.39, 0.29) is 16.9 Å². The lowest BCUT2D eigenvalue weighted by Gasteiger charge is -2.13. The first-order chi connectivity index (χ1) is 11.5. The largest absolute Gasteiger partial charge is 0.384 e. The number of carbonyl (C=O) groups excluding carboxylic acids is 1. The minimum absolute atomic E-state index is 0.0663. The smallest absolute Gasteiger partial charge is 0.256 e. The van der Waals surface area contributed by atoms with E-state index in [1.54, 1.807) is 0 Å². The Morgan fingerprint density at radius 1 is 0.833 bits per heavy atom. The van der Waals surface area contributed by atoms with Gasteiger partial charge in [-0.05, 0) is 54.6 Å². The third-order valence-corrected chi connectivity index (χ3v) is 3.57. The van der Waals surface area contributed by atoms with Crippen LogP contribution >= 0.6 is 0 Å². The molecule has 4 nitrogen and oxygen atoms in total. The van der Waals surface area contributed by atoms with E-state index in [1.165, 1.54) is 60.7 Å². The highest BCUT2D eigenvalue weighted by molar-refractivity contribution is 6.11. The first kappa shape index (κ1) is 15.6. The maximum atomic E-state index is 13.1. The maximum Gasteiger partial charge on any atom is 0.256 e. The van der Waals surface area contributed by atoms with Gasteiger partial charge in [0, 0.05) is 11.6 Å². The highest BCUT2D eigenvalue weighted by Gasteiger charge is 2.17. The lowest BCUT2D eigenvalue weighted by molar-refractivity contribution is 0.103. The third kappa shape index (κ3) is 2.81.